The van der Waals surface area contributed by atoms with Crippen LogP contribution >= 0.6 is 0 Å². The van der Waals surface area contributed by atoms with Gasteiger partial charge in [-0.3, -0.25) is 4.79 Å². The number of fused-ring (bicyclic) bond motifs is 1. The van der Waals surface area contributed by atoms with Crippen molar-refractivity contribution in [3.05, 3.63) is 11.8 Å². The molecule has 3 rings (SSSR count). The predicted octanol–water partition coefficient (Wildman–Crippen LogP) is -3.01. The van der Waals surface area contributed by atoms with Gasteiger partial charge in [0.1, 0.15) is 30.7 Å². The number of allylic oxidation sites excluding steroid dienone is 1. The van der Waals surface area contributed by atoms with E-state index in [-0.39, 0.29) is 12.0 Å². The number of aliphatic hydroxyl groups is 6. The zero-order valence-electron chi connectivity index (χ0n) is 14.1. The van der Waals surface area contributed by atoms with Gasteiger partial charge < -0.3 is 44.8 Å². The minimum Gasteiger partial charge on any atom is -0.472 e. The van der Waals surface area contributed by atoms with E-state index in [1.165, 1.54) is 6.92 Å². The Morgan fingerprint density at radius 3 is 2.54 bits per heavy atom. The van der Waals surface area contributed by atoms with Crippen LogP contribution in [0.1, 0.15) is 13.3 Å². The van der Waals surface area contributed by atoms with Crippen LogP contribution in [-0.2, 0) is 19.0 Å². The lowest BCUT2D eigenvalue weighted by molar-refractivity contribution is -0.347. The lowest BCUT2D eigenvalue weighted by Crippen LogP contribution is -2.61. The maximum Gasteiger partial charge on any atom is 0.208 e. The molecule has 26 heavy (non-hydrogen) atoms. The minimum absolute atomic E-state index is 0.125. The quantitative estimate of drug-likeness (QED) is 0.278. The summed E-state index contributed by atoms with van der Waals surface area (Å²) in [6, 6.07) is 0. The molecule has 10 nitrogen and oxygen atoms in total. The third-order valence-electron chi connectivity index (χ3n) is 5.57. The smallest absolute Gasteiger partial charge is 0.208 e. The van der Waals surface area contributed by atoms with Gasteiger partial charge in [0.25, 0.3) is 0 Å². The summed E-state index contributed by atoms with van der Waals surface area (Å²) in [5.74, 6) is -1.36. The van der Waals surface area contributed by atoms with Crippen LogP contribution in [0.5, 0.6) is 0 Å². The number of aldehydes is 1. The summed E-state index contributed by atoms with van der Waals surface area (Å²) in [7, 11) is 0. The molecule has 2 fully saturated rings. The Balaban J connectivity index is 1.82. The molecule has 6 N–H and O–H groups in total. The summed E-state index contributed by atoms with van der Waals surface area (Å²) in [4.78, 5) is 11.2. The molecule has 148 valence electrons. The topological polar surface area (TPSA) is 166 Å². The summed E-state index contributed by atoms with van der Waals surface area (Å²) in [5, 5.41) is 59.8. The van der Waals surface area contributed by atoms with Crippen molar-refractivity contribution in [2.24, 2.45) is 11.8 Å². The van der Waals surface area contributed by atoms with E-state index in [0.29, 0.717) is 6.29 Å². The number of carbonyl (C=O) groups excluding carboxylic acids is 1. The van der Waals surface area contributed by atoms with Crippen LogP contribution in [0.3, 0.4) is 0 Å². The molecule has 10 atom stereocenters. The molecule has 3 aliphatic rings. The Morgan fingerprint density at radius 1 is 1.23 bits per heavy atom. The molecule has 10 heteroatoms. The van der Waals surface area contributed by atoms with Gasteiger partial charge in [0.05, 0.1) is 30.5 Å². The fourth-order valence-corrected chi connectivity index (χ4v) is 3.93. The molecular formula is C16H24O10. The highest BCUT2D eigenvalue weighted by Crippen LogP contribution is 2.49. The van der Waals surface area contributed by atoms with Crippen LogP contribution in [0.2, 0.25) is 0 Å². The maximum absolute atomic E-state index is 11.2. The van der Waals surface area contributed by atoms with Crippen LogP contribution in [0.25, 0.3) is 0 Å². The van der Waals surface area contributed by atoms with E-state index < -0.39 is 67.1 Å². The summed E-state index contributed by atoms with van der Waals surface area (Å²) in [5.41, 5.74) is -1.37. The van der Waals surface area contributed by atoms with E-state index in [4.69, 9.17) is 14.2 Å². The first-order valence-electron chi connectivity index (χ1n) is 8.39. The Hall–Kier alpha value is -1.11. The van der Waals surface area contributed by atoms with Crippen LogP contribution in [-0.4, -0.2) is 92.2 Å². The predicted molar refractivity (Wildman–Crippen MR) is 82.1 cm³/mol. The number of ether oxygens (including phenoxy) is 3. The number of rotatable bonds is 4. The van der Waals surface area contributed by atoms with Crippen molar-refractivity contribution in [3.8, 4) is 0 Å². The lowest BCUT2D eigenvalue weighted by atomic mass is 9.81. The van der Waals surface area contributed by atoms with Gasteiger partial charge in [-0.1, -0.05) is 0 Å². The number of hydrogen-bond acceptors (Lipinski definition) is 10. The van der Waals surface area contributed by atoms with Crippen molar-refractivity contribution < 1.29 is 49.6 Å². The van der Waals surface area contributed by atoms with E-state index in [0.717, 1.165) is 6.26 Å². The molecule has 2 heterocycles. The van der Waals surface area contributed by atoms with Crippen molar-refractivity contribution in [3.63, 3.8) is 0 Å². The van der Waals surface area contributed by atoms with E-state index in [2.05, 4.69) is 0 Å². The maximum atomic E-state index is 11.2. The summed E-state index contributed by atoms with van der Waals surface area (Å²) in [6.07, 6.45) is -7.87. The number of carbonyl (C=O) groups is 1. The van der Waals surface area contributed by atoms with Crippen molar-refractivity contribution >= 4 is 6.29 Å². The van der Waals surface area contributed by atoms with E-state index >= 15 is 0 Å². The highest BCUT2D eigenvalue weighted by Gasteiger charge is 2.58. The van der Waals surface area contributed by atoms with Crippen molar-refractivity contribution in [2.45, 2.75) is 62.0 Å². The standard InChI is InChI=1S/C16H24O10/c1-16(23)9(19)2-7-6(3-17)5-24-14(10(7)16)26-15-13(22)12(21)11(20)8(4-18)25-15/h3,5,7-15,18-23H,2,4H2,1H3/t7-,8-,9+,10-,11-,12+,13-,14+,15+,16+/m1/s1. The second-order valence-electron chi connectivity index (χ2n) is 7.18. The normalized spacial score (nSPS) is 51.3. The second-order valence-corrected chi connectivity index (χ2v) is 7.18. The Kier molecular flexibility index (Phi) is 5.39. The lowest BCUT2D eigenvalue weighted by Gasteiger charge is -2.44. The molecule has 1 aliphatic carbocycles. The van der Waals surface area contributed by atoms with Gasteiger partial charge in [0.2, 0.25) is 6.29 Å². The van der Waals surface area contributed by atoms with Crippen molar-refractivity contribution in [2.75, 3.05) is 6.61 Å². The average Bonchev–Trinajstić information content (AvgIpc) is 2.85. The van der Waals surface area contributed by atoms with Crippen LogP contribution in [0, 0.1) is 11.8 Å². The molecule has 0 amide bonds. The van der Waals surface area contributed by atoms with Crippen LogP contribution in [0.15, 0.2) is 11.8 Å². The monoisotopic (exact) mass is 376 g/mol. The van der Waals surface area contributed by atoms with Crippen molar-refractivity contribution in [1.29, 1.82) is 0 Å². The summed E-state index contributed by atoms with van der Waals surface area (Å²) < 4.78 is 16.2. The van der Waals surface area contributed by atoms with Gasteiger partial charge in [0, 0.05) is 11.5 Å². The highest BCUT2D eigenvalue weighted by atomic mass is 16.8. The number of hydrogen-bond donors (Lipinski definition) is 6. The molecule has 0 aromatic heterocycles. The van der Waals surface area contributed by atoms with Gasteiger partial charge in [-0.25, -0.2) is 0 Å². The van der Waals surface area contributed by atoms with Gasteiger partial charge in [-0.2, -0.15) is 0 Å². The van der Waals surface area contributed by atoms with E-state index in [9.17, 15) is 35.4 Å². The van der Waals surface area contributed by atoms with E-state index in [1.54, 1.807) is 0 Å². The van der Waals surface area contributed by atoms with Crippen molar-refractivity contribution in [1.82, 2.24) is 0 Å². The second kappa shape index (κ2) is 7.13. The Labute approximate surface area is 149 Å². The Bertz CT molecular complexity index is 561. The molecule has 0 spiro atoms. The van der Waals surface area contributed by atoms with Gasteiger partial charge in [-0.15, -0.1) is 0 Å². The van der Waals surface area contributed by atoms with Gasteiger partial charge >= 0.3 is 0 Å². The largest absolute Gasteiger partial charge is 0.472 e. The molecule has 0 unspecified atom stereocenters. The van der Waals surface area contributed by atoms with Gasteiger partial charge in [0.15, 0.2) is 6.29 Å². The van der Waals surface area contributed by atoms with Crippen LogP contribution < -0.4 is 0 Å². The van der Waals surface area contributed by atoms with Crippen LogP contribution in [0.4, 0.5) is 0 Å². The van der Waals surface area contributed by atoms with Gasteiger partial charge in [-0.05, 0) is 13.3 Å². The zero-order valence-corrected chi connectivity index (χ0v) is 14.1. The molecule has 0 aromatic carbocycles. The molecule has 1 saturated carbocycles. The average molecular weight is 376 g/mol. The third kappa shape index (κ3) is 3.06. The summed E-state index contributed by atoms with van der Waals surface area (Å²) in [6.45, 7) is 0.775. The molecule has 0 radical (unpaired) electrons. The molecular weight excluding hydrogens is 352 g/mol. The first-order valence-corrected chi connectivity index (χ1v) is 8.39. The fraction of sp³-hybridized carbons (Fsp3) is 0.812. The summed E-state index contributed by atoms with van der Waals surface area (Å²) >= 11 is 0. The van der Waals surface area contributed by atoms with E-state index in [1.807, 2.05) is 0 Å². The zero-order chi connectivity index (χ0) is 19.2. The Morgan fingerprint density at radius 2 is 1.92 bits per heavy atom. The molecule has 0 bridgehead atoms. The number of aliphatic hydroxyl groups excluding tert-OH is 5. The molecule has 1 saturated heterocycles. The first kappa shape index (κ1) is 19.6. The minimum atomic E-state index is -1.64. The SMILES string of the molecule is C[C@@]1(O)[C@H]2[C@H](O[C@@H]3O[C@H](CO)[C@@H](O)[C@H](O)[C@H]3O)OC=C(C=O)[C@H]2C[C@@H]1O. The highest BCUT2D eigenvalue weighted by molar-refractivity contribution is 5.74. The fourth-order valence-electron chi connectivity index (χ4n) is 3.93. The third-order valence-corrected chi connectivity index (χ3v) is 5.57. The first-order chi connectivity index (χ1) is 12.2. The molecule has 0 aromatic rings. The molecule has 2 aliphatic heterocycles.